The highest BCUT2D eigenvalue weighted by Crippen LogP contribution is 2.54. The summed E-state index contributed by atoms with van der Waals surface area (Å²) in [6.45, 7) is 8.12. The molecule has 2 aliphatic heterocycles. The summed E-state index contributed by atoms with van der Waals surface area (Å²) in [5, 5.41) is 0. The summed E-state index contributed by atoms with van der Waals surface area (Å²) in [5.74, 6) is 0. The molecular formula is C18H37N2O4P. The Morgan fingerprint density at radius 2 is 1.20 bits per heavy atom. The van der Waals surface area contributed by atoms with Crippen LogP contribution in [0.5, 0.6) is 0 Å². The molecule has 0 saturated carbocycles. The number of rotatable bonds is 12. The maximum Gasteiger partial charge on any atom is 0.346 e. The Labute approximate surface area is 153 Å². The van der Waals surface area contributed by atoms with Crippen LogP contribution in [0.3, 0.4) is 0 Å². The monoisotopic (exact) mass is 376 g/mol. The van der Waals surface area contributed by atoms with Gasteiger partial charge in [0, 0.05) is 26.2 Å². The summed E-state index contributed by atoms with van der Waals surface area (Å²) in [5.41, 5.74) is 0. The molecule has 0 bridgehead atoms. The Bertz CT molecular complexity index is 363. The number of morpholine rings is 2. The molecule has 7 heteroatoms. The Morgan fingerprint density at radius 3 is 1.68 bits per heavy atom. The van der Waals surface area contributed by atoms with E-state index in [4.69, 9.17) is 14.0 Å². The molecule has 0 spiro atoms. The second kappa shape index (κ2) is 12.4. The van der Waals surface area contributed by atoms with Gasteiger partial charge in [-0.05, 0) is 6.42 Å². The van der Waals surface area contributed by atoms with E-state index in [0.717, 1.165) is 6.42 Å². The zero-order chi connectivity index (χ0) is 17.8. The second-order valence-electron chi connectivity index (χ2n) is 6.93. The fraction of sp³-hybridized carbons (Fsp3) is 1.00. The van der Waals surface area contributed by atoms with E-state index in [9.17, 15) is 4.57 Å². The van der Waals surface area contributed by atoms with Crippen LogP contribution < -0.4 is 0 Å². The minimum absolute atomic E-state index is 0.584. The van der Waals surface area contributed by atoms with Crippen molar-refractivity contribution >= 4 is 7.67 Å². The van der Waals surface area contributed by atoms with Gasteiger partial charge in [0.15, 0.2) is 0 Å². The van der Waals surface area contributed by atoms with Gasteiger partial charge in [-0.1, -0.05) is 51.9 Å². The molecule has 0 N–H and O–H groups in total. The first kappa shape index (κ1) is 21.3. The Kier molecular flexibility index (Phi) is 10.6. The molecule has 0 aromatic rings. The van der Waals surface area contributed by atoms with Gasteiger partial charge in [-0.25, -0.2) is 9.34 Å². The lowest BCUT2D eigenvalue weighted by Gasteiger charge is -2.41. The summed E-state index contributed by atoms with van der Waals surface area (Å²) < 4.78 is 34.5. The first-order valence-electron chi connectivity index (χ1n) is 10.2. The van der Waals surface area contributed by atoms with Crippen molar-refractivity contribution in [1.29, 1.82) is 0 Å². The van der Waals surface area contributed by atoms with Crippen LogP contribution in [-0.2, 0) is 18.6 Å². The fourth-order valence-electron chi connectivity index (χ4n) is 3.37. The topological polar surface area (TPSA) is 51.2 Å². The zero-order valence-corrected chi connectivity index (χ0v) is 16.9. The minimum Gasteiger partial charge on any atom is -0.379 e. The molecule has 0 aliphatic carbocycles. The summed E-state index contributed by atoms with van der Waals surface area (Å²) in [6, 6.07) is 0. The molecule has 0 atom stereocenters. The van der Waals surface area contributed by atoms with Gasteiger partial charge < -0.3 is 14.0 Å². The third-order valence-electron chi connectivity index (χ3n) is 4.95. The normalized spacial score (nSPS) is 20.8. The highest BCUT2D eigenvalue weighted by molar-refractivity contribution is 7.54. The van der Waals surface area contributed by atoms with Crippen molar-refractivity contribution in [2.24, 2.45) is 0 Å². The molecule has 2 heterocycles. The lowest BCUT2D eigenvalue weighted by Crippen LogP contribution is -2.43. The number of nitrogens with zero attached hydrogens (tertiary/aromatic N) is 2. The molecule has 2 fully saturated rings. The smallest absolute Gasteiger partial charge is 0.346 e. The minimum atomic E-state index is -2.93. The zero-order valence-electron chi connectivity index (χ0n) is 16.0. The van der Waals surface area contributed by atoms with Crippen molar-refractivity contribution in [3.63, 3.8) is 0 Å². The highest BCUT2D eigenvalue weighted by atomic mass is 31.2. The Morgan fingerprint density at radius 1 is 0.760 bits per heavy atom. The molecule has 148 valence electrons. The van der Waals surface area contributed by atoms with Gasteiger partial charge in [-0.2, -0.15) is 0 Å². The van der Waals surface area contributed by atoms with Crippen LogP contribution in [0, 0.1) is 0 Å². The molecule has 0 aromatic carbocycles. The van der Waals surface area contributed by atoms with Crippen molar-refractivity contribution < 1.29 is 18.6 Å². The summed E-state index contributed by atoms with van der Waals surface area (Å²) in [6.07, 6.45) is 10.1. The Hall–Kier alpha value is 0.0300. The van der Waals surface area contributed by atoms with Gasteiger partial charge in [0.25, 0.3) is 0 Å². The maximum atomic E-state index is 13.6. The largest absolute Gasteiger partial charge is 0.379 e. The average molecular weight is 376 g/mol. The predicted octanol–water partition coefficient (Wildman–Crippen LogP) is 3.92. The summed E-state index contributed by atoms with van der Waals surface area (Å²) >= 11 is 0. The highest BCUT2D eigenvalue weighted by Gasteiger charge is 2.40. The first-order chi connectivity index (χ1) is 12.3. The molecule has 6 nitrogen and oxygen atoms in total. The van der Waals surface area contributed by atoms with Crippen LogP contribution in [0.25, 0.3) is 0 Å². The van der Waals surface area contributed by atoms with Crippen molar-refractivity contribution in [1.82, 2.24) is 9.34 Å². The third-order valence-corrected chi connectivity index (χ3v) is 7.70. The van der Waals surface area contributed by atoms with E-state index >= 15 is 0 Å². The second-order valence-corrected chi connectivity index (χ2v) is 9.30. The van der Waals surface area contributed by atoms with E-state index in [0.29, 0.717) is 59.2 Å². The molecular weight excluding hydrogens is 339 g/mol. The molecule has 2 aliphatic rings. The van der Waals surface area contributed by atoms with E-state index < -0.39 is 7.67 Å². The number of unbranched alkanes of at least 4 members (excludes halogenated alkanes) is 7. The quantitative estimate of drug-likeness (QED) is 0.380. The molecule has 0 radical (unpaired) electrons. The van der Waals surface area contributed by atoms with Crippen LogP contribution in [0.1, 0.15) is 58.3 Å². The van der Waals surface area contributed by atoms with E-state index in [1.807, 2.05) is 9.34 Å². The van der Waals surface area contributed by atoms with Crippen LogP contribution >= 0.6 is 7.67 Å². The SMILES string of the molecule is CCCCCCCCCCOP(=O)(N1CCOCC1)N1CCOCC1. The fourth-order valence-corrected chi connectivity index (χ4v) is 5.76. The maximum absolute atomic E-state index is 13.6. The molecule has 2 saturated heterocycles. The first-order valence-corrected chi connectivity index (χ1v) is 11.7. The Balaban J connectivity index is 1.71. The number of ether oxygens (including phenoxy) is 2. The van der Waals surface area contributed by atoms with E-state index in [-0.39, 0.29) is 0 Å². The lowest BCUT2D eigenvalue weighted by atomic mass is 10.1. The van der Waals surface area contributed by atoms with E-state index in [1.165, 1.54) is 44.9 Å². The van der Waals surface area contributed by atoms with Gasteiger partial charge in [-0.3, -0.25) is 4.57 Å². The summed E-state index contributed by atoms with van der Waals surface area (Å²) in [7, 11) is -2.93. The van der Waals surface area contributed by atoms with E-state index in [2.05, 4.69) is 6.92 Å². The van der Waals surface area contributed by atoms with Crippen molar-refractivity contribution in [2.75, 3.05) is 59.2 Å². The van der Waals surface area contributed by atoms with E-state index in [1.54, 1.807) is 0 Å². The number of hydrogen-bond donors (Lipinski definition) is 0. The number of hydrogen-bond acceptors (Lipinski definition) is 4. The van der Waals surface area contributed by atoms with Gasteiger partial charge in [-0.15, -0.1) is 0 Å². The average Bonchev–Trinajstić information content (AvgIpc) is 2.68. The molecule has 0 unspecified atom stereocenters. The van der Waals surface area contributed by atoms with Crippen LogP contribution in [-0.4, -0.2) is 68.6 Å². The van der Waals surface area contributed by atoms with Crippen molar-refractivity contribution in [3.05, 3.63) is 0 Å². The molecule has 0 amide bonds. The van der Waals surface area contributed by atoms with Gasteiger partial charge in [0.1, 0.15) is 0 Å². The molecule has 2 rings (SSSR count). The van der Waals surface area contributed by atoms with Gasteiger partial charge in [0.2, 0.25) is 0 Å². The van der Waals surface area contributed by atoms with Crippen molar-refractivity contribution in [2.45, 2.75) is 58.3 Å². The summed E-state index contributed by atoms with van der Waals surface area (Å²) in [4.78, 5) is 0. The van der Waals surface area contributed by atoms with Crippen LogP contribution in [0.15, 0.2) is 0 Å². The lowest BCUT2D eigenvalue weighted by molar-refractivity contribution is 0.0374. The molecule has 0 aromatic heterocycles. The van der Waals surface area contributed by atoms with Gasteiger partial charge >= 0.3 is 7.67 Å². The standard InChI is InChI=1S/C18H37N2O4P/c1-2-3-4-5-6-7-8-9-14-24-25(21,19-10-15-22-16-11-19)20-12-17-23-18-13-20/h2-18H2,1H3. The van der Waals surface area contributed by atoms with Crippen LogP contribution in [0.2, 0.25) is 0 Å². The van der Waals surface area contributed by atoms with Crippen LogP contribution in [0.4, 0.5) is 0 Å². The molecule has 25 heavy (non-hydrogen) atoms. The third kappa shape index (κ3) is 7.28. The predicted molar refractivity (Wildman–Crippen MR) is 101 cm³/mol. The van der Waals surface area contributed by atoms with Gasteiger partial charge in [0.05, 0.1) is 33.0 Å². The van der Waals surface area contributed by atoms with Crippen molar-refractivity contribution in [3.8, 4) is 0 Å².